The first-order valence-electron chi connectivity index (χ1n) is 6.08. The van der Waals surface area contributed by atoms with E-state index in [1.165, 1.54) is 19.3 Å². The summed E-state index contributed by atoms with van der Waals surface area (Å²) in [6.45, 7) is 0. The average Bonchev–Trinajstić information content (AvgIpc) is 2.35. The van der Waals surface area contributed by atoms with Crippen molar-refractivity contribution < 1.29 is 4.21 Å². The van der Waals surface area contributed by atoms with Crippen LogP contribution in [0.3, 0.4) is 0 Å². The maximum atomic E-state index is 12.2. The first-order chi connectivity index (χ1) is 8.16. The monoisotopic (exact) mass is 271 g/mol. The van der Waals surface area contributed by atoms with Crippen LogP contribution in [0.5, 0.6) is 0 Å². The number of hydrogen-bond donors (Lipinski definition) is 1. The van der Waals surface area contributed by atoms with Gasteiger partial charge in [-0.1, -0.05) is 36.9 Å². The molecule has 1 unspecified atom stereocenters. The van der Waals surface area contributed by atoms with Crippen molar-refractivity contribution in [2.75, 3.05) is 5.73 Å². The molecule has 1 atom stereocenters. The molecule has 1 aromatic carbocycles. The first-order valence-corrected chi connectivity index (χ1v) is 7.84. The van der Waals surface area contributed by atoms with Crippen LogP contribution >= 0.6 is 11.6 Å². The van der Waals surface area contributed by atoms with Crippen LogP contribution in [0.25, 0.3) is 0 Å². The van der Waals surface area contributed by atoms with Crippen LogP contribution in [-0.2, 0) is 16.6 Å². The van der Waals surface area contributed by atoms with Crippen LogP contribution in [0.4, 0.5) is 5.69 Å². The second-order valence-electron chi connectivity index (χ2n) is 4.64. The Morgan fingerprint density at radius 2 is 2.00 bits per heavy atom. The van der Waals surface area contributed by atoms with Gasteiger partial charge < -0.3 is 5.73 Å². The summed E-state index contributed by atoms with van der Waals surface area (Å²) in [5.41, 5.74) is 7.34. The van der Waals surface area contributed by atoms with Gasteiger partial charge in [0, 0.05) is 21.8 Å². The Labute approximate surface area is 110 Å². The van der Waals surface area contributed by atoms with Gasteiger partial charge in [0.05, 0.1) is 10.7 Å². The van der Waals surface area contributed by atoms with Crippen LogP contribution < -0.4 is 5.73 Å². The van der Waals surface area contributed by atoms with Gasteiger partial charge in [-0.05, 0) is 30.5 Å². The Hall–Kier alpha value is -0.540. The number of nitrogen functional groups attached to an aromatic ring is 1. The van der Waals surface area contributed by atoms with Crippen LogP contribution in [0.2, 0.25) is 5.02 Å². The van der Waals surface area contributed by atoms with E-state index >= 15 is 0 Å². The van der Waals surface area contributed by atoms with Crippen LogP contribution in [-0.4, -0.2) is 9.46 Å². The summed E-state index contributed by atoms with van der Waals surface area (Å²) in [4.78, 5) is 0. The zero-order valence-electron chi connectivity index (χ0n) is 9.82. The highest BCUT2D eigenvalue weighted by molar-refractivity contribution is 7.84. The molecule has 1 aliphatic carbocycles. The third-order valence-electron chi connectivity index (χ3n) is 3.29. The standard InChI is InChI=1S/C13H18ClNOS/c14-12-7-6-10(8-13(12)15)9-17(16)11-4-2-1-3-5-11/h6-8,11H,1-5,9,15H2. The summed E-state index contributed by atoms with van der Waals surface area (Å²) < 4.78 is 12.2. The molecule has 2 rings (SSSR count). The molecule has 17 heavy (non-hydrogen) atoms. The number of halogens is 1. The third-order valence-corrected chi connectivity index (χ3v) is 5.47. The van der Waals surface area contributed by atoms with E-state index in [1.807, 2.05) is 12.1 Å². The van der Waals surface area contributed by atoms with Gasteiger partial charge in [0.15, 0.2) is 0 Å². The molecule has 0 heterocycles. The maximum absolute atomic E-state index is 12.2. The van der Waals surface area contributed by atoms with Crippen molar-refractivity contribution in [3.05, 3.63) is 28.8 Å². The van der Waals surface area contributed by atoms with Gasteiger partial charge in [-0.25, -0.2) is 0 Å². The molecule has 1 saturated carbocycles. The molecule has 1 fully saturated rings. The average molecular weight is 272 g/mol. The van der Waals surface area contributed by atoms with Crippen molar-refractivity contribution >= 4 is 28.1 Å². The van der Waals surface area contributed by atoms with E-state index in [9.17, 15) is 4.21 Å². The minimum absolute atomic E-state index is 0.376. The SMILES string of the molecule is Nc1cc(CS(=O)C2CCCCC2)ccc1Cl. The number of rotatable bonds is 3. The molecule has 2 N–H and O–H groups in total. The summed E-state index contributed by atoms with van der Waals surface area (Å²) >= 11 is 5.87. The molecule has 94 valence electrons. The fourth-order valence-electron chi connectivity index (χ4n) is 2.29. The number of nitrogens with two attached hydrogens (primary N) is 1. The van der Waals surface area contributed by atoms with E-state index in [-0.39, 0.29) is 0 Å². The highest BCUT2D eigenvalue weighted by atomic mass is 35.5. The molecule has 0 saturated heterocycles. The van der Waals surface area contributed by atoms with E-state index in [0.717, 1.165) is 18.4 Å². The molecule has 0 spiro atoms. The van der Waals surface area contributed by atoms with Gasteiger partial charge in [-0.2, -0.15) is 0 Å². The molecule has 0 bridgehead atoms. The molecule has 0 aromatic heterocycles. The van der Waals surface area contributed by atoms with Gasteiger partial charge in [0.1, 0.15) is 0 Å². The van der Waals surface area contributed by atoms with Crippen molar-refractivity contribution in [1.82, 2.24) is 0 Å². The predicted molar refractivity (Wildman–Crippen MR) is 74.6 cm³/mol. The minimum Gasteiger partial charge on any atom is -0.398 e. The van der Waals surface area contributed by atoms with Gasteiger partial charge in [0.25, 0.3) is 0 Å². The van der Waals surface area contributed by atoms with E-state index in [2.05, 4.69) is 0 Å². The second-order valence-corrected chi connectivity index (χ2v) is 6.76. The van der Waals surface area contributed by atoms with Crippen molar-refractivity contribution in [2.24, 2.45) is 0 Å². The topological polar surface area (TPSA) is 43.1 Å². The number of anilines is 1. The maximum Gasteiger partial charge on any atom is 0.0635 e. The summed E-state index contributed by atoms with van der Waals surface area (Å²) in [6, 6.07) is 5.53. The molecule has 0 radical (unpaired) electrons. The van der Waals surface area contributed by atoms with E-state index in [0.29, 0.717) is 21.7 Å². The molecular formula is C13H18ClNOS. The van der Waals surface area contributed by atoms with Crippen molar-refractivity contribution in [2.45, 2.75) is 43.1 Å². The lowest BCUT2D eigenvalue weighted by Gasteiger charge is -2.21. The number of benzene rings is 1. The van der Waals surface area contributed by atoms with Gasteiger partial charge >= 0.3 is 0 Å². The lowest BCUT2D eigenvalue weighted by atomic mass is 10.0. The predicted octanol–water partition coefficient (Wildman–Crippen LogP) is 3.50. The number of hydrogen-bond acceptors (Lipinski definition) is 2. The summed E-state index contributed by atoms with van der Waals surface area (Å²) in [7, 11) is -0.771. The zero-order chi connectivity index (χ0) is 12.3. The van der Waals surface area contributed by atoms with E-state index in [1.54, 1.807) is 6.07 Å². The minimum atomic E-state index is -0.771. The fourth-order valence-corrected chi connectivity index (χ4v) is 4.01. The lowest BCUT2D eigenvalue weighted by molar-refractivity contribution is 0.504. The van der Waals surface area contributed by atoms with E-state index < -0.39 is 10.8 Å². The van der Waals surface area contributed by atoms with Crippen LogP contribution in [0.15, 0.2) is 18.2 Å². The molecule has 1 aromatic rings. The first kappa shape index (κ1) is 12.9. The molecule has 0 amide bonds. The highest BCUT2D eigenvalue weighted by Crippen LogP contribution is 2.25. The largest absolute Gasteiger partial charge is 0.398 e. The molecular weight excluding hydrogens is 254 g/mol. The molecule has 1 aliphatic rings. The van der Waals surface area contributed by atoms with Crippen molar-refractivity contribution in [1.29, 1.82) is 0 Å². The Kier molecular flexibility index (Phi) is 4.46. The summed E-state index contributed by atoms with van der Waals surface area (Å²) in [6.07, 6.45) is 5.95. The third kappa shape index (κ3) is 3.46. The molecule has 4 heteroatoms. The smallest absolute Gasteiger partial charge is 0.0635 e. The molecule has 2 nitrogen and oxygen atoms in total. The summed E-state index contributed by atoms with van der Waals surface area (Å²) in [5.74, 6) is 0.603. The highest BCUT2D eigenvalue weighted by Gasteiger charge is 2.19. The van der Waals surface area contributed by atoms with Gasteiger partial charge in [-0.15, -0.1) is 0 Å². The van der Waals surface area contributed by atoms with Gasteiger partial charge in [-0.3, -0.25) is 4.21 Å². The van der Waals surface area contributed by atoms with Gasteiger partial charge in [0.2, 0.25) is 0 Å². The van der Waals surface area contributed by atoms with E-state index in [4.69, 9.17) is 17.3 Å². The molecule has 0 aliphatic heterocycles. The Morgan fingerprint density at radius 3 is 2.65 bits per heavy atom. The Bertz CT molecular complexity index is 416. The zero-order valence-corrected chi connectivity index (χ0v) is 11.4. The second kappa shape index (κ2) is 5.87. The summed E-state index contributed by atoms with van der Waals surface area (Å²) in [5, 5.41) is 0.942. The fraction of sp³-hybridized carbons (Fsp3) is 0.538. The normalized spacial score (nSPS) is 19.1. The quantitative estimate of drug-likeness (QED) is 0.855. The van der Waals surface area contributed by atoms with Crippen LogP contribution in [0.1, 0.15) is 37.7 Å². The van der Waals surface area contributed by atoms with Crippen molar-refractivity contribution in [3.8, 4) is 0 Å². The Balaban J connectivity index is 1.99. The lowest BCUT2D eigenvalue weighted by Crippen LogP contribution is -2.19. The van der Waals surface area contributed by atoms with Crippen molar-refractivity contribution in [3.63, 3.8) is 0 Å². The van der Waals surface area contributed by atoms with Crippen LogP contribution in [0, 0.1) is 0 Å². The Morgan fingerprint density at radius 1 is 1.29 bits per heavy atom.